The molecule has 0 saturated carbocycles. The summed E-state index contributed by atoms with van der Waals surface area (Å²) in [4.78, 5) is 10.4. The topological polar surface area (TPSA) is 41.1 Å². The number of fused-ring (bicyclic) bond motifs is 1. The van der Waals surface area contributed by atoms with Gasteiger partial charge in [-0.25, -0.2) is 9.37 Å². The molecule has 1 saturated heterocycles. The van der Waals surface area contributed by atoms with Crippen LogP contribution in [0, 0.1) is 5.82 Å². The number of para-hydroxylation sites is 2. The minimum Gasteiger partial charge on any atom is -0.490 e. The van der Waals surface area contributed by atoms with Crippen LogP contribution in [0.15, 0.2) is 48.5 Å². The number of rotatable bonds is 4. The Morgan fingerprint density at radius 3 is 2.58 bits per heavy atom. The van der Waals surface area contributed by atoms with Crippen LogP contribution in [0.4, 0.5) is 4.39 Å². The summed E-state index contributed by atoms with van der Waals surface area (Å²) in [6, 6.07) is 14.4. The summed E-state index contributed by atoms with van der Waals surface area (Å²) < 4.78 is 18.9. The van der Waals surface area contributed by atoms with E-state index in [0.717, 1.165) is 55.1 Å². The van der Waals surface area contributed by atoms with E-state index in [1.165, 1.54) is 12.1 Å². The Balaban J connectivity index is 1.31. The van der Waals surface area contributed by atoms with Crippen molar-refractivity contribution in [1.82, 2.24) is 14.9 Å². The largest absolute Gasteiger partial charge is 0.490 e. The van der Waals surface area contributed by atoms with E-state index >= 15 is 0 Å². The number of hydrogen-bond donors (Lipinski definition) is 1. The number of aromatic nitrogens is 2. The first-order valence-electron chi connectivity index (χ1n) is 8.34. The summed E-state index contributed by atoms with van der Waals surface area (Å²) in [6.45, 7) is 2.78. The lowest BCUT2D eigenvalue weighted by molar-refractivity contribution is 0.0955. The van der Waals surface area contributed by atoms with E-state index in [2.05, 4.69) is 20.9 Å². The fraction of sp³-hybridized carbons (Fsp3) is 0.316. The molecule has 0 aliphatic carbocycles. The standard InChI is InChI=1S/C19H20FN3O/c20-14-5-7-15(8-6-14)24-16-9-11-23(12-10-16)13-19-21-17-3-1-2-4-18(17)22-19/h1-8,16H,9-13H2,(H,21,22). The van der Waals surface area contributed by atoms with Gasteiger partial charge in [-0.15, -0.1) is 0 Å². The molecule has 5 heteroatoms. The molecule has 2 heterocycles. The third kappa shape index (κ3) is 3.41. The van der Waals surface area contributed by atoms with Gasteiger partial charge in [0, 0.05) is 13.1 Å². The molecule has 1 aromatic heterocycles. The molecule has 4 rings (SSSR count). The number of benzene rings is 2. The molecule has 1 aliphatic heterocycles. The molecule has 2 aromatic carbocycles. The molecule has 0 spiro atoms. The molecule has 0 atom stereocenters. The van der Waals surface area contributed by atoms with Crippen LogP contribution < -0.4 is 4.74 Å². The van der Waals surface area contributed by atoms with Crippen LogP contribution in [0.25, 0.3) is 11.0 Å². The van der Waals surface area contributed by atoms with Gasteiger partial charge in [0.05, 0.1) is 17.6 Å². The Morgan fingerprint density at radius 1 is 1.08 bits per heavy atom. The number of imidazole rings is 1. The van der Waals surface area contributed by atoms with Crippen LogP contribution in [-0.2, 0) is 6.54 Å². The van der Waals surface area contributed by atoms with Crippen LogP contribution in [0.2, 0.25) is 0 Å². The molecule has 24 heavy (non-hydrogen) atoms. The van der Waals surface area contributed by atoms with E-state index in [0.29, 0.717) is 0 Å². The first kappa shape index (κ1) is 15.1. The van der Waals surface area contributed by atoms with Gasteiger partial charge in [-0.3, -0.25) is 4.90 Å². The second-order valence-electron chi connectivity index (χ2n) is 6.25. The van der Waals surface area contributed by atoms with E-state index in [9.17, 15) is 4.39 Å². The van der Waals surface area contributed by atoms with Crippen molar-refractivity contribution < 1.29 is 9.13 Å². The maximum atomic E-state index is 12.9. The van der Waals surface area contributed by atoms with Gasteiger partial charge >= 0.3 is 0 Å². The Kier molecular flexibility index (Phi) is 4.17. The molecule has 3 aromatic rings. The van der Waals surface area contributed by atoms with Crippen molar-refractivity contribution in [2.75, 3.05) is 13.1 Å². The van der Waals surface area contributed by atoms with Gasteiger partial charge in [-0.05, 0) is 49.2 Å². The van der Waals surface area contributed by atoms with E-state index < -0.39 is 0 Å². The van der Waals surface area contributed by atoms with Crippen molar-refractivity contribution in [1.29, 1.82) is 0 Å². The maximum absolute atomic E-state index is 12.9. The molecular weight excluding hydrogens is 305 g/mol. The fourth-order valence-electron chi connectivity index (χ4n) is 3.18. The van der Waals surface area contributed by atoms with Crippen molar-refractivity contribution in [3.63, 3.8) is 0 Å². The smallest absolute Gasteiger partial charge is 0.123 e. The molecule has 0 bridgehead atoms. The summed E-state index contributed by atoms with van der Waals surface area (Å²) in [6.07, 6.45) is 2.14. The van der Waals surface area contributed by atoms with Crippen molar-refractivity contribution >= 4 is 11.0 Å². The number of hydrogen-bond acceptors (Lipinski definition) is 3. The third-order valence-electron chi connectivity index (χ3n) is 4.46. The zero-order chi connectivity index (χ0) is 16.4. The Bertz CT molecular complexity index is 774. The molecule has 1 aliphatic rings. The minimum absolute atomic E-state index is 0.197. The zero-order valence-corrected chi connectivity index (χ0v) is 13.4. The lowest BCUT2D eigenvalue weighted by atomic mass is 10.1. The Hall–Kier alpha value is -2.40. The van der Waals surface area contributed by atoms with E-state index in [1.807, 2.05) is 18.2 Å². The van der Waals surface area contributed by atoms with Crippen molar-refractivity contribution in [3.8, 4) is 5.75 Å². The van der Waals surface area contributed by atoms with Crippen molar-refractivity contribution in [3.05, 3.63) is 60.2 Å². The highest BCUT2D eigenvalue weighted by atomic mass is 19.1. The minimum atomic E-state index is -0.233. The number of nitrogens with one attached hydrogen (secondary N) is 1. The average molecular weight is 325 g/mol. The number of piperidine rings is 1. The number of nitrogens with zero attached hydrogens (tertiary/aromatic N) is 2. The predicted octanol–water partition coefficient (Wildman–Crippen LogP) is 3.75. The molecule has 0 unspecified atom stereocenters. The Morgan fingerprint density at radius 2 is 1.83 bits per heavy atom. The summed E-state index contributed by atoms with van der Waals surface area (Å²) in [7, 11) is 0. The highest BCUT2D eigenvalue weighted by Crippen LogP contribution is 2.20. The zero-order valence-electron chi connectivity index (χ0n) is 13.4. The van der Waals surface area contributed by atoms with E-state index in [4.69, 9.17) is 4.74 Å². The van der Waals surface area contributed by atoms with E-state index in [1.54, 1.807) is 12.1 Å². The normalized spacial score (nSPS) is 16.5. The number of aromatic amines is 1. The first-order valence-corrected chi connectivity index (χ1v) is 8.34. The van der Waals surface area contributed by atoms with Gasteiger partial charge in [0.15, 0.2) is 0 Å². The predicted molar refractivity (Wildman–Crippen MR) is 91.4 cm³/mol. The van der Waals surface area contributed by atoms with Gasteiger partial charge in [-0.2, -0.15) is 0 Å². The van der Waals surface area contributed by atoms with Gasteiger partial charge in [-0.1, -0.05) is 12.1 Å². The lowest BCUT2D eigenvalue weighted by Gasteiger charge is -2.31. The monoisotopic (exact) mass is 325 g/mol. The van der Waals surface area contributed by atoms with Crippen LogP contribution in [0.5, 0.6) is 5.75 Å². The molecule has 0 amide bonds. The fourth-order valence-corrected chi connectivity index (χ4v) is 3.18. The Labute approximate surface area is 140 Å². The maximum Gasteiger partial charge on any atom is 0.123 e. The second-order valence-corrected chi connectivity index (χ2v) is 6.25. The SMILES string of the molecule is Fc1ccc(OC2CCN(Cc3nc4ccccc4[nH]3)CC2)cc1. The number of ether oxygens (including phenoxy) is 1. The molecule has 4 nitrogen and oxygen atoms in total. The molecular formula is C19H20FN3O. The van der Waals surface area contributed by atoms with E-state index in [-0.39, 0.29) is 11.9 Å². The average Bonchev–Trinajstić information content (AvgIpc) is 3.01. The summed E-state index contributed by atoms with van der Waals surface area (Å²) in [5.41, 5.74) is 2.10. The molecule has 0 radical (unpaired) electrons. The molecule has 124 valence electrons. The van der Waals surface area contributed by atoms with Gasteiger partial charge in [0.1, 0.15) is 23.5 Å². The van der Waals surface area contributed by atoms with Gasteiger partial charge in [0.25, 0.3) is 0 Å². The summed E-state index contributed by atoms with van der Waals surface area (Å²) in [5, 5.41) is 0. The van der Waals surface area contributed by atoms with Crippen LogP contribution >= 0.6 is 0 Å². The van der Waals surface area contributed by atoms with Gasteiger partial charge < -0.3 is 9.72 Å². The highest BCUT2D eigenvalue weighted by molar-refractivity contribution is 5.74. The van der Waals surface area contributed by atoms with Crippen LogP contribution in [-0.4, -0.2) is 34.1 Å². The number of halogens is 1. The number of H-pyrrole nitrogens is 1. The lowest BCUT2D eigenvalue weighted by Crippen LogP contribution is -2.38. The summed E-state index contributed by atoms with van der Waals surface area (Å²) >= 11 is 0. The van der Waals surface area contributed by atoms with Crippen molar-refractivity contribution in [2.24, 2.45) is 0 Å². The van der Waals surface area contributed by atoms with Crippen molar-refractivity contribution in [2.45, 2.75) is 25.5 Å². The van der Waals surface area contributed by atoms with Crippen LogP contribution in [0.3, 0.4) is 0 Å². The highest BCUT2D eigenvalue weighted by Gasteiger charge is 2.21. The van der Waals surface area contributed by atoms with Crippen LogP contribution in [0.1, 0.15) is 18.7 Å². The second kappa shape index (κ2) is 6.61. The quantitative estimate of drug-likeness (QED) is 0.794. The molecule has 1 fully saturated rings. The first-order chi connectivity index (χ1) is 11.8. The number of likely N-dealkylation sites (tertiary alicyclic amines) is 1. The van der Waals surface area contributed by atoms with Gasteiger partial charge in [0.2, 0.25) is 0 Å². The summed E-state index contributed by atoms with van der Waals surface area (Å²) in [5.74, 6) is 1.52. The molecule has 1 N–H and O–H groups in total. The third-order valence-corrected chi connectivity index (χ3v) is 4.46.